The summed E-state index contributed by atoms with van der Waals surface area (Å²) in [5, 5.41) is 8.77. The molecule has 20 heavy (non-hydrogen) atoms. The van der Waals surface area contributed by atoms with Crippen LogP contribution in [0.5, 0.6) is 0 Å². The van der Waals surface area contributed by atoms with E-state index < -0.39 is 0 Å². The van der Waals surface area contributed by atoms with Gasteiger partial charge in [0.2, 0.25) is 5.91 Å². The van der Waals surface area contributed by atoms with Crippen molar-refractivity contribution in [3.63, 3.8) is 0 Å². The lowest BCUT2D eigenvalue weighted by molar-refractivity contribution is -0.126. The molecule has 0 aliphatic carbocycles. The normalized spacial score (nSPS) is 10.8. The highest BCUT2D eigenvalue weighted by atomic mass is 16.2. The average molecular weight is 268 g/mol. The van der Waals surface area contributed by atoms with E-state index in [1.54, 1.807) is 29.2 Å². The first-order valence-electron chi connectivity index (χ1n) is 6.78. The average Bonchev–Trinajstić information content (AvgIpc) is 2.47. The number of benzene rings is 1. The van der Waals surface area contributed by atoms with Crippen LogP contribution in [0.4, 0.5) is 0 Å². The summed E-state index contributed by atoms with van der Waals surface area (Å²) in [5.74, 6) is 0.00862. The quantitative estimate of drug-likeness (QED) is 0.586. The third-order valence-corrected chi connectivity index (χ3v) is 2.80. The van der Waals surface area contributed by atoms with Gasteiger partial charge >= 0.3 is 0 Å². The van der Waals surface area contributed by atoms with E-state index in [1.807, 2.05) is 31.2 Å². The molecule has 0 saturated heterocycles. The summed E-state index contributed by atoms with van der Waals surface area (Å²) < 4.78 is 0. The van der Waals surface area contributed by atoms with Gasteiger partial charge in [0.15, 0.2) is 0 Å². The summed E-state index contributed by atoms with van der Waals surface area (Å²) in [4.78, 5) is 13.9. The minimum Gasteiger partial charge on any atom is -0.335 e. The molecule has 1 aromatic rings. The van der Waals surface area contributed by atoms with Crippen molar-refractivity contribution < 1.29 is 4.79 Å². The Morgan fingerprint density at radius 3 is 2.55 bits per heavy atom. The Morgan fingerprint density at radius 2 is 2.00 bits per heavy atom. The van der Waals surface area contributed by atoms with Crippen molar-refractivity contribution in [3.8, 4) is 6.07 Å². The first-order chi connectivity index (χ1) is 9.71. The molecule has 0 aliphatic rings. The molecule has 1 amide bonds. The first-order valence-corrected chi connectivity index (χ1v) is 6.78. The van der Waals surface area contributed by atoms with Gasteiger partial charge in [-0.2, -0.15) is 5.26 Å². The van der Waals surface area contributed by atoms with Crippen LogP contribution >= 0.6 is 0 Å². The van der Waals surface area contributed by atoms with Gasteiger partial charge in [0, 0.05) is 19.2 Å². The van der Waals surface area contributed by atoms with Crippen LogP contribution in [-0.2, 0) is 11.3 Å². The van der Waals surface area contributed by atoms with Crippen molar-refractivity contribution in [2.24, 2.45) is 0 Å². The fourth-order valence-corrected chi connectivity index (χ4v) is 1.80. The Hall–Kier alpha value is -2.34. The first kappa shape index (κ1) is 15.7. The van der Waals surface area contributed by atoms with Gasteiger partial charge in [-0.25, -0.2) is 0 Å². The minimum atomic E-state index is 0.00862. The largest absolute Gasteiger partial charge is 0.335 e. The van der Waals surface area contributed by atoms with Gasteiger partial charge in [0.05, 0.1) is 11.6 Å². The molecule has 104 valence electrons. The van der Waals surface area contributed by atoms with E-state index in [-0.39, 0.29) is 5.91 Å². The molecule has 0 atom stereocenters. The Balaban J connectivity index is 2.75. The predicted molar refractivity (Wildman–Crippen MR) is 80.8 cm³/mol. The second-order valence-electron chi connectivity index (χ2n) is 4.45. The summed E-state index contributed by atoms with van der Waals surface area (Å²) in [6, 6.07) is 9.43. The highest BCUT2D eigenvalue weighted by molar-refractivity contribution is 5.87. The maximum absolute atomic E-state index is 12.1. The maximum atomic E-state index is 12.1. The molecule has 0 bridgehead atoms. The van der Waals surface area contributed by atoms with Gasteiger partial charge in [0.25, 0.3) is 0 Å². The lowest BCUT2D eigenvalue weighted by Crippen LogP contribution is -2.29. The molecule has 0 aromatic heterocycles. The van der Waals surface area contributed by atoms with Crippen molar-refractivity contribution >= 4 is 5.91 Å². The Kier molecular flexibility index (Phi) is 6.84. The zero-order valence-corrected chi connectivity index (χ0v) is 12.0. The van der Waals surface area contributed by atoms with Crippen molar-refractivity contribution in [1.29, 1.82) is 5.26 Å². The fraction of sp³-hybridized carbons (Fsp3) is 0.294. The van der Waals surface area contributed by atoms with Crippen LogP contribution in [0.15, 0.2) is 48.6 Å². The highest BCUT2D eigenvalue weighted by Crippen LogP contribution is 2.08. The standard InChI is InChI=1S/C17H20N2O/c1-3-5-6-7-17(20)19(12-4-2)14-16-10-8-15(13-18)9-11-16/h3,5-11H,4,12,14H2,1-2H3/b5-3+,7-6+. The zero-order valence-electron chi connectivity index (χ0n) is 12.0. The van der Waals surface area contributed by atoms with Gasteiger partial charge < -0.3 is 4.90 Å². The lowest BCUT2D eigenvalue weighted by Gasteiger charge is -2.20. The molecule has 0 radical (unpaired) electrons. The number of hydrogen-bond donors (Lipinski definition) is 0. The van der Waals surface area contributed by atoms with Gasteiger partial charge in [-0.15, -0.1) is 0 Å². The molecule has 0 saturated carbocycles. The molecule has 0 aliphatic heterocycles. The predicted octanol–water partition coefficient (Wildman–Crippen LogP) is 3.43. The molecule has 0 unspecified atom stereocenters. The molecule has 0 N–H and O–H groups in total. The molecular formula is C17H20N2O. The van der Waals surface area contributed by atoms with E-state index >= 15 is 0 Å². The van der Waals surface area contributed by atoms with Gasteiger partial charge in [-0.05, 0) is 31.0 Å². The number of carbonyl (C=O) groups excluding carboxylic acids is 1. The molecule has 3 heteroatoms. The number of amides is 1. The van der Waals surface area contributed by atoms with Gasteiger partial charge in [-0.3, -0.25) is 4.79 Å². The number of allylic oxidation sites excluding steroid dienone is 3. The smallest absolute Gasteiger partial charge is 0.246 e. The summed E-state index contributed by atoms with van der Waals surface area (Å²) in [6.45, 7) is 5.25. The molecule has 1 aromatic carbocycles. The van der Waals surface area contributed by atoms with Crippen LogP contribution in [0.2, 0.25) is 0 Å². The van der Waals surface area contributed by atoms with E-state index in [0.29, 0.717) is 12.1 Å². The zero-order chi connectivity index (χ0) is 14.8. The van der Waals surface area contributed by atoms with Gasteiger partial charge in [0.1, 0.15) is 0 Å². The second kappa shape index (κ2) is 8.71. The molecule has 0 fully saturated rings. The number of hydrogen-bond acceptors (Lipinski definition) is 2. The second-order valence-corrected chi connectivity index (χ2v) is 4.45. The van der Waals surface area contributed by atoms with Crippen molar-refractivity contribution in [2.45, 2.75) is 26.8 Å². The van der Waals surface area contributed by atoms with E-state index in [9.17, 15) is 4.79 Å². The Morgan fingerprint density at radius 1 is 1.30 bits per heavy atom. The summed E-state index contributed by atoms with van der Waals surface area (Å²) in [6.07, 6.45) is 7.97. The minimum absolute atomic E-state index is 0.00862. The monoisotopic (exact) mass is 268 g/mol. The van der Waals surface area contributed by atoms with E-state index in [1.165, 1.54) is 0 Å². The number of carbonyl (C=O) groups is 1. The number of nitriles is 1. The van der Waals surface area contributed by atoms with Crippen molar-refractivity contribution in [2.75, 3.05) is 6.54 Å². The topological polar surface area (TPSA) is 44.1 Å². The van der Waals surface area contributed by atoms with Crippen LogP contribution < -0.4 is 0 Å². The van der Waals surface area contributed by atoms with Crippen LogP contribution in [-0.4, -0.2) is 17.4 Å². The molecule has 0 heterocycles. The van der Waals surface area contributed by atoms with E-state index in [0.717, 1.165) is 18.5 Å². The fourth-order valence-electron chi connectivity index (χ4n) is 1.80. The van der Waals surface area contributed by atoms with Crippen LogP contribution in [0, 0.1) is 11.3 Å². The molecular weight excluding hydrogens is 248 g/mol. The summed E-state index contributed by atoms with van der Waals surface area (Å²) in [7, 11) is 0. The third-order valence-electron chi connectivity index (χ3n) is 2.80. The Bertz CT molecular complexity index is 521. The highest BCUT2D eigenvalue weighted by Gasteiger charge is 2.09. The molecule has 1 rings (SSSR count). The van der Waals surface area contributed by atoms with Crippen LogP contribution in [0.1, 0.15) is 31.4 Å². The van der Waals surface area contributed by atoms with Crippen molar-refractivity contribution in [1.82, 2.24) is 4.90 Å². The van der Waals surface area contributed by atoms with E-state index in [2.05, 4.69) is 13.0 Å². The van der Waals surface area contributed by atoms with Gasteiger partial charge in [-0.1, -0.05) is 37.3 Å². The SMILES string of the molecule is C/C=C/C=C/C(=O)N(CCC)Cc1ccc(C#N)cc1. The maximum Gasteiger partial charge on any atom is 0.246 e. The van der Waals surface area contributed by atoms with Crippen LogP contribution in [0.3, 0.4) is 0 Å². The lowest BCUT2D eigenvalue weighted by atomic mass is 10.1. The Labute approximate surface area is 120 Å². The van der Waals surface area contributed by atoms with Crippen LogP contribution in [0.25, 0.3) is 0 Å². The summed E-state index contributed by atoms with van der Waals surface area (Å²) in [5.41, 5.74) is 1.67. The molecule has 3 nitrogen and oxygen atoms in total. The number of nitrogens with zero attached hydrogens (tertiary/aromatic N) is 2. The summed E-state index contributed by atoms with van der Waals surface area (Å²) >= 11 is 0. The molecule has 0 spiro atoms. The van der Waals surface area contributed by atoms with E-state index in [4.69, 9.17) is 5.26 Å². The van der Waals surface area contributed by atoms with Crippen molar-refractivity contribution in [3.05, 3.63) is 59.7 Å². The number of rotatable bonds is 6. The third kappa shape index (κ3) is 5.11.